The van der Waals surface area contributed by atoms with Gasteiger partial charge in [0.1, 0.15) is 5.65 Å². The van der Waals surface area contributed by atoms with Gasteiger partial charge in [0.25, 0.3) is 0 Å². The van der Waals surface area contributed by atoms with Gasteiger partial charge < -0.3 is 0 Å². The lowest BCUT2D eigenvalue weighted by Gasteiger charge is -2.44. The van der Waals surface area contributed by atoms with Crippen molar-refractivity contribution in [1.29, 1.82) is 0 Å². The van der Waals surface area contributed by atoms with E-state index < -0.39 is 8.07 Å². The fourth-order valence-corrected chi connectivity index (χ4v) is 7.84. The van der Waals surface area contributed by atoms with Crippen LogP contribution in [0.3, 0.4) is 0 Å². The molecule has 0 unspecified atom stereocenters. The van der Waals surface area contributed by atoms with Gasteiger partial charge in [-0.25, -0.2) is 4.98 Å². The SMILES string of the molecule is Cc1nc2c3ccccc3c3c(C)ccc4c3n2c1C(C)(C)[Si]4(C)C. The van der Waals surface area contributed by atoms with Crippen LogP contribution in [0.25, 0.3) is 27.3 Å². The van der Waals surface area contributed by atoms with Crippen molar-refractivity contribution in [3.63, 3.8) is 0 Å². The highest BCUT2D eigenvalue weighted by atomic mass is 28.3. The maximum atomic E-state index is 5.07. The Kier molecular flexibility index (Phi) is 2.63. The number of aromatic nitrogens is 2. The van der Waals surface area contributed by atoms with E-state index in [4.69, 9.17) is 4.98 Å². The zero-order chi connectivity index (χ0) is 17.7. The Morgan fingerprint density at radius 2 is 1.64 bits per heavy atom. The highest BCUT2D eigenvalue weighted by Gasteiger charge is 2.49. The number of imidazole rings is 1. The minimum Gasteiger partial charge on any atom is -0.296 e. The molecule has 126 valence electrons. The van der Waals surface area contributed by atoms with E-state index in [1.165, 1.54) is 38.6 Å². The third kappa shape index (κ3) is 1.54. The van der Waals surface area contributed by atoms with Crippen molar-refractivity contribution in [1.82, 2.24) is 9.38 Å². The van der Waals surface area contributed by atoms with E-state index in [1.54, 1.807) is 5.19 Å². The molecule has 0 radical (unpaired) electrons. The summed E-state index contributed by atoms with van der Waals surface area (Å²) in [5.41, 5.74) is 6.52. The molecule has 1 aliphatic heterocycles. The summed E-state index contributed by atoms with van der Waals surface area (Å²) in [5.74, 6) is 0. The summed E-state index contributed by atoms with van der Waals surface area (Å²) in [6.07, 6.45) is 0. The average molecular weight is 345 g/mol. The first kappa shape index (κ1) is 15.1. The highest BCUT2D eigenvalue weighted by Crippen LogP contribution is 2.44. The van der Waals surface area contributed by atoms with E-state index in [2.05, 4.69) is 81.6 Å². The maximum Gasteiger partial charge on any atom is 0.145 e. The van der Waals surface area contributed by atoms with Crippen LogP contribution in [-0.2, 0) is 5.04 Å². The fourth-order valence-electron chi connectivity index (χ4n) is 4.96. The van der Waals surface area contributed by atoms with Gasteiger partial charge >= 0.3 is 0 Å². The largest absolute Gasteiger partial charge is 0.296 e. The lowest BCUT2D eigenvalue weighted by molar-refractivity contribution is 0.679. The molecule has 2 aromatic carbocycles. The van der Waals surface area contributed by atoms with E-state index in [1.807, 2.05) is 0 Å². The molecule has 5 rings (SSSR count). The second kappa shape index (κ2) is 4.33. The van der Waals surface area contributed by atoms with Crippen LogP contribution in [0.5, 0.6) is 0 Å². The van der Waals surface area contributed by atoms with Gasteiger partial charge in [0, 0.05) is 21.5 Å². The molecule has 0 amide bonds. The summed E-state index contributed by atoms with van der Waals surface area (Å²) in [6.45, 7) is 14.3. The summed E-state index contributed by atoms with van der Waals surface area (Å²) in [4.78, 5) is 5.07. The number of benzene rings is 2. The Bertz CT molecular complexity index is 1210. The van der Waals surface area contributed by atoms with Crippen LogP contribution in [-0.4, -0.2) is 17.5 Å². The minimum absolute atomic E-state index is 0.147. The van der Waals surface area contributed by atoms with Gasteiger partial charge in [-0.15, -0.1) is 0 Å². The molecule has 0 saturated heterocycles. The first-order valence-electron chi connectivity index (χ1n) is 9.11. The van der Waals surface area contributed by atoms with Crippen LogP contribution in [0.15, 0.2) is 36.4 Å². The third-order valence-corrected chi connectivity index (χ3v) is 12.0. The summed E-state index contributed by atoms with van der Waals surface area (Å²) >= 11 is 0. The molecule has 0 N–H and O–H groups in total. The number of fused-ring (bicyclic) bond motifs is 3. The molecule has 3 heteroatoms. The molecular weight excluding hydrogens is 320 g/mol. The summed E-state index contributed by atoms with van der Waals surface area (Å²) in [5, 5.41) is 5.73. The summed E-state index contributed by atoms with van der Waals surface area (Å²) in [7, 11) is -1.71. The number of hydrogen-bond donors (Lipinski definition) is 0. The number of pyridine rings is 1. The molecule has 4 aromatic rings. The van der Waals surface area contributed by atoms with Crippen molar-refractivity contribution in [2.45, 2.75) is 45.8 Å². The normalized spacial score (nSPS) is 17.8. The van der Waals surface area contributed by atoms with E-state index in [-0.39, 0.29) is 5.04 Å². The average Bonchev–Trinajstić information content (AvgIpc) is 2.91. The molecule has 0 saturated carbocycles. The number of nitrogens with zero attached hydrogens (tertiary/aromatic N) is 2. The fraction of sp³-hybridized carbons (Fsp3) is 0.318. The topological polar surface area (TPSA) is 17.3 Å². The lowest BCUT2D eigenvalue weighted by atomic mass is 10.0. The predicted octanol–water partition coefficient (Wildman–Crippen LogP) is 5.00. The predicted molar refractivity (Wildman–Crippen MR) is 110 cm³/mol. The number of aryl methyl sites for hydroxylation is 2. The maximum absolute atomic E-state index is 5.07. The van der Waals surface area contributed by atoms with Crippen molar-refractivity contribution in [3.05, 3.63) is 53.3 Å². The Hall–Kier alpha value is -2.13. The highest BCUT2D eigenvalue weighted by molar-refractivity contribution is 6.94. The van der Waals surface area contributed by atoms with Crippen molar-refractivity contribution in [3.8, 4) is 0 Å². The van der Waals surface area contributed by atoms with E-state index in [0.29, 0.717) is 0 Å². The van der Waals surface area contributed by atoms with Gasteiger partial charge in [-0.3, -0.25) is 4.40 Å². The molecule has 2 aromatic heterocycles. The van der Waals surface area contributed by atoms with Crippen molar-refractivity contribution < 1.29 is 0 Å². The van der Waals surface area contributed by atoms with Crippen molar-refractivity contribution in [2.24, 2.45) is 0 Å². The lowest BCUT2D eigenvalue weighted by Crippen LogP contribution is -2.60. The zero-order valence-corrected chi connectivity index (χ0v) is 16.9. The molecule has 0 fully saturated rings. The third-order valence-electron chi connectivity index (χ3n) is 6.93. The van der Waals surface area contributed by atoms with Crippen LogP contribution in [0, 0.1) is 13.8 Å². The van der Waals surface area contributed by atoms with Crippen LogP contribution < -0.4 is 5.19 Å². The van der Waals surface area contributed by atoms with E-state index >= 15 is 0 Å². The standard InChI is InChI=1S/C22H24N2Si/c1-13-11-12-17-19-18(13)15-9-7-8-10-16(15)21-23-14(2)20(24(19)21)22(3,4)25(17,5)6/h7-12H,1-6H3. The molecule has 0 spiro atoms. The molecule has 3 heterocycles. The number of hydrogen-bond acceptors (Lipinski definition) is 1. The molecule has 25 heavy (non-hydrogen) atoms. The molecule has 0 atom stereocenters. The van der Waals surface area contributed by atoms with Gasteiger partial charge in [-0.05, 0) is 30.0 Å². The van der Waals surface area contributed by atoms with Crippen LogP contribution in [0.4, 0.5) is 0 Å². The van der Waals surface area contributed by atoms with E-state index in [9.17, 15) is 0 Å². The Balaban J connectivity index is 2.26. The minimum atomic E-state index is -1.71. The Labute approximate surface area is 149 Å². The monoisotopic (exact) mass is 344 g/mol. The van der Waals surface area contributed by atoms with Crippen LogP contribution in [0.2, 0.25) is 13.1 Å². The van der Waals surface area contributed by atoms with Gasteiger partial charge in [0.15, 0.2) is 0 Å². The summed E-state index contributed by atoms with van der Waals surface area (Å²) in [6, 6.07) is 13.5. The van der Waals surface area contributed by atoms with Gasteiger partial charge in [-0.1, -0.05) is 63.3 Å². The Morgan fingerprint density at radius 3 is 2.36 bits per heavy atom. The Morgan fingerprint density at radius 1 is 0.960 bits per heavy atom. The molecule has 0 bridgehead atoms. The van der Waals surface area contributed by atoms with Crippen molar-refractivity contribution in [2.75, 3.05) is 0 Å². The molecule has 0 aliphatic carbocycles. The van der Waals surface area contributed by atoms with Gasteiger partial charge in [0.2, 0.25) is 0 Å². The zero-order valence-electron chi connectivity index (χ0n) is 15.9. The van der Waals surface area contributed by atoms with Crippen LogP contribution >= 0.6 is 0 Å². The van der Waals surface area contributed by atoms with Crippen LogP contribution in [0.1, 0.15) is 30.8 Å². The second-order valence-electron chi connectivity index (χ2n) is 8.65. The molecule has 2 nitrogen and oxygen atoms in total. The summed E-state index contributed by atoms with van der Waals surface area (Å²) < 4.78 is 2.49. The van der Waals surface area contributed by atoms with Crippen molar-refractivity contribution >= 4 is 40.6 Å². The molecular formula is C22H24N2Si. The number of rotatable bonds is 0. The first-order chi connectivity index (χ1) is 11.8. The van der Waals surface area contributed by atoms with Gasteiger partial charge in [0.05, 0.1) is 19.3 Å². The van der Waals surface area contributed by atoms with E-state index in [0.717, 1.165) is 5.65 Å². The second-order valence-corrected chi connectivity index (χ2v) is 13.7. The first-order valence-corrected chi connectivity index (χ1v) is 12.1. The van der Waals surface area contributed by atoms with Gasteiger partial charge in [-0.2, -0.15) is 0 Å². The quantitative estimate of drug-likeness (QED) is 0.324. The smallest absolute Gasteiger partial charge is 0.145 e. The molecule has 1 aliphatic rings.